The number of likely N-dealkylation sites (N-methyl/N-ethyl adjacent to an activating group) is 1. The molecule has 0 atom stereocenters. The topological polar surface area (TPSA) is 76.8 Å². The molecule has 6 nitrogen and oxygen atoms in total. The first-order chi connectivity index (χ1) is 14.6. The number of nitrogens with zero attached hydrogens (tertiary/aromatic N) is 1. The minimum absolute atomic E-state index is 0.0479. The molecule has 1 amide bonds. The Labute approximate surface area is 190 Å². The van der Waals surface area contributed by atoms with Crippen LogP contribution in [0.15, 0.2) is 24.3 Å². The van der Waals surface area contributed by atoms with Crippen LogP contribution in [-0.2, 0) is 14.9 Å². The van der Waals surface area contributed by atoms with E-state index in [4.69, 9.17) is 15.2 Å². The molecule has 2 aromatic rings. The largest absolute Gasteiger partial charge is 0.481 e. The van der Waals surface area contributed by atoms with Gasteiger partial charge in [0.25, 0.3) is 0 Å². The van der Waals surface area contributed by atoms with Crippen molar-refractivity contribution in [2.45, 2.75) is 53.1 Å². The molecule has 0 aliphatic heterocycles. The zero-order valence-electron chi connectivity index (χ0n) is 19.9. The summed E-state index contributed by atoms with van der Waals surface area (Å²) in [6.45, 7) is 15.0. The quantitative estimate of drug-likeness (QED) is 0.537. The van der Waals surface area contributed by atoms with Crippen LogP contribution in [0.1, 0.15) is 47.1 Å². The molecular weight excluding hydrogens is 410 g/mol. The van der Waals surface area contributed by atoms with E-state index in [0.29, 0.717) is 13.2 Å². The van der Waals surface area contributed by atoms with Crippen molar-refractivity contribution in [3.05, 3.63) is 29.8 Å². The molecule has 7 heteroatoms. The lowest BCUT2D eigenvalue weighted by atomic mass is 9.83. The van der Waals surface area contributed by atoms with Gasteiger partial charge in [0.05, 0.1) is 24.3 Å². The minimum Gasteiger partial charge on any atom is -0.481 e. The zero-order valence-corrected chi connectivity index (χ0v) is 20.7. The number of thiophene rings is 1. The molecule has 172 valence electrons. The Bertz CT molecular complexity index is 871. The predicted molar refractivity (Wildman–Crippen MR) is 131 cm³/mol. The van der Waals surface area contributed by atoms with E-state index < -0.39 is 0 Å². The highest BCUT2D eigenvalue weighted by molar-refractivity contribution is 7.18. The van der Waals surface area contributed by atoms with Crippen molar-refractivity contribution in [3.63, 3.8) is 0 Å². The van der Waals surface area contributed by atoms with Crippen LogP contribution in [0, 0.1) is 0 Å². The van der Waals surface area contributed by atoms with Gasteiger partial charge in [0.1, 0.15) is 0 Å². The number of nitrogens with two attached hydrogens (primary N) is 1. The standard InChI is InChI=1S/C24H37N3O3S/c1-8-27(12-13-29-7)15-19(28)26-18-11-9-10-17(14-18)20-21(24(4,5)6)23(30-16(2)3)31-22(20)25/h9-11,14,16H,8,12-13,15,25H2,1-7H3,(H,26,28). The van der Waals surface area contributed by atoms with E-state index in [1.165, 1.54) is 11.3 Å². The Morgan fingerprint density at radius 3 is 2.58 bits per heavy atom. The van der Waals surface area contributed by atoms with Crippen LogP contribution >= 0.6 is 11.3 Å². The molecule has 3 N–H and O–H groups in total. The third-order valence-electron chi connectivity index (χ3n) is 4.86. The molecule has 0 unspecified atom stereocenters. The highest BCUT2D eigenvalue weighted by Gasteiger charge is 2.29. The van der Waals surface area contributed by atoms with Gasteiger partial charge in [-0.05, 0) is 43.5 Å². The summed E-state index contributed by atoms with van der Waals surface area (Å²) < 4.78 is 11.2. The molecule has 0 saturated heterocycles. The molecule has 0 spiro atoms. The normalized spacial score (nSPS) is 11.9. The van der Waals surface area contributed by atoms with Gasteiger partial charge in [-0.1, -0.05) is 51.2 Å². The maximum atomic E-state index is 12.6. The van der Waals surface area contributed by atoms with Gasteiger partial charge in [-0.2, -0.15) is 0 Å². The number of carbonyl (C=O) groups is 1. The van der Waals surface area contributed by atoms with E-state index in [2.05, 4.69) is 26.1 Å². The number of nitrogen functional groups attached to an aromatic ring is 1. The molecule has 0 radical (unpaired) electrons. The number of nitrogens with one attached hydrogen (secondary N) is 1. The lowest BCUT2D eigenvalue weighted by Gasteiger charge is -2.23. The van der Waals surface area contributed by atoms with Gasteiger partial charge in [-0.15, -0.1) is 0 Å². The van der Waals surface area contributed by atoms with Crippen LogP contribution in [0.2, 0.25) is 0 Å². The highest BCUT2D eigenvalue weighted by atomic mass is 32.1. The summed E-state index contributed by atoms with van der Waals surface area (Å²) in [5.41, 5.74) is 10.1. The fraction of sp³-hybridized carbons (Fsp3) is 0.542. The smallest absolute Gasteiger partial charge is 0.238 e. The van der Waals surface area contributed by atoms with Crippen molar-refractivity contribution in [2.75, 3.05) is 44.4 Å². The van der Waals surface area contributed by atoms with Crippen LogP contribution in [-0.4, -0.2) is 50.3 Å². The number of ether oxygens (including phenoxy) is 2. The maximum Gasteiger partial charge on any atom is 0.238 e. The van der Waals surface area contributed by atoms with Crippen LogP contribution in [0.4, 0.5) is 10.7 Å². The summed E-state index contributed by atoms with van der Waals surface area (Å²) >= 11 is 1.48. The molecule has 0 aliphatic carbocycles. The van der Waals surface area contributed by atoms with Crippen LogP contribution in [0.3, 0.4) is 0 Å². The van der Waals surface area contributed by atoms with Crippen molar-refractivity contribution in [1.82, 2.24) is 4.90 Å². The highest BCUT2D eigenvalue weighted by Crippen LogP contribution is 2.49. The average Bonchev–Trinajstić information content (AvgIpc) is 3.00. The first kappa shape index (κ1) is 25.2. The van der Waals surface area contributed by atoms with E-state index in [-0.39, 0.29) is 17.4 Å². The number of methoxy groups -OCH3 is 1. The lowest BCUT2D eigenvalue weighted by Crippen LogP contribution is -2.35. The summed E-state index contributed by atoms with van der Waals surface area (Å²) in [6.07, 6.45) is 0.0669. The number of hydrogen-bond donors (Lipinski definition) is 2. The Hall–Kier alpha value is -2.09. The van der Waals surface area contributed by atoms with Gasteiger partial charge in [0, 0.05) is 30.5 Å². The minimum atomic E-state index is -0.143. The maximum absolute atomic E-state index is 12.6. The van der Waals surface area contributed by atoms with E-state index in [1.807, 2.05) is 49.9 Å². The Balaban J connectivity index is 2.31. The second kappa shape index (κ2) is 11.0. The molecule has 0 fully saturated rings. The Morgan fingerprint density at radius 1 is 1.29 bits per heavy atom. The number of amides is 1. The first-order valence-electron chi connectivity index (χ1n) is 10.8. The fourth-order valence-corrected chi connectivity index (χ4v) is 4.69. The molecule has 1 aromatic heterocycles. The molecule has 0 aliphatic rings. The summed E-state index contributed by atoms with van der Waals surface area (Å²) in [5.74, 6) is -0.0479. The number of anilines is 2. The molecule has 31 heavy (non-hydrogen) atoms. The second-order valence-electron chi connectivity index (χ2n) is 8.91. The summed E-state index contributed by atoms with van der Waals surface area (Å²) in [4.78, 5) is 14.6. The number of carbonyl (C=O) groups excluding carboxylic acids is 1. The molecule has 2 rings (SSSR count). The third kappa shape index (κ3) is 6.95. The summed E-state index contributed by atoms with van der Waals surface area (Å²) in [5, 5.41) is 4.61. The SMILES string of the molecule is CCN(CCOC)CC(=O)Nc1cccc(-c2c(N)sc(OC(C)C)c2C(C)(C)C)c1. The Morgan fingerprint density at radius 2 is 2.00 bits per heavy atom. The van der Waals surface area contributed by atoms with E-state index >= 15 is 0 Å². The average molecular weight is 448 g/mol. The van der Waals surface area contributed by atoms with Crippen molar-refractivity contribution < 1.29 is 14.3 Å². The fourth-order valence-electron chi connectivity index (χ4n) is 3.42. The van der Waals surface area contributed by atoms with Crippen LogP contribution < -0.4 is 15.8 Å². The van der Waals surface area contributed by atoms with Gasteiger partial charge in [0.2, 0.25) is 5.91 Å². The van der Waals surface area contributed by atoms with Crippen molar-refractivity contribution in [1.29, 1.82) is 0 Å². The monoisotopic (exact) mass is 447 g/mol. The number of hydrogen-bond acceptors (Lipinski definition) is 6. The molecular formula is C24H37N3O3S. The molecule has 0 saturated carbocycles. The predicted octanol–water partition coefficient (Wildman–Crippen LogP) is 4.99. The van der Waals surface area contributed by atoms with Gasteiger partial charge in [-0.3, -0.25) is 9.69 Å². The van der Waals surface area contributed by atoms with Crippen molar-refractivity contribution >= 4 is 27.9 Å². The summed E-state index contributed by atoms with van der Waals surface area (Å²) in [6, 6.07) is 7.85. The molecule has 1 aromatic carbocycles. The lowest BCUT2D eigenvalue weighted by molar-refractivity contribution is -0.117. The number of rotatable bonds is 10. The number of benzene rings is 1. The van der Waals surface area contributed by atoms with Gasteiger partial charge < -0.3 is 20.5 Å². The third-order valence-corrected chi connectivity index (χ3v) is 5.77. The summed E-state index contributed by atoms with van der Waals surface area (Å²) in [7, 11) is 1.67. The first-order valence-corrected chi connectivity index (χ1v) is 11.6. The van der Waals surface area contributed by atoms with Crippen LogP contribution in [0.5, 0.6) is 5.06 Å². The molecule has 1 heterocycles. The second-order valence-corrected chi connectivity index (χ2v) is 9.93. The zero-order chi connectivity index (χ0) is 23.2. The Kier molecular flexibility index (Phi) is 8.91. The molecule has 0 bridgehead atoms. The van der Waals surface area contributed by atoms with Gasteiger partial charge in [-0.25, -0.2) is 0 Å². The van der Waals surface area contributed by atoms with Crippen molar-refractivity contribution in [2.24, 2.45) is 0 Å². The van der Waals surface area contributed by atoms with Gasteiger partial charge >= 0.3 is 0 Å². The van der Waals surface area contributed by atoms with E-state index in [1.54, 1.807) is 7.11 Å². The van der Waals surface area contributed by atoms with Crippen molar-refractivity contribution in [3.8, 4) is 16.2 Å². The van der Waals surface area contributed by atoms with Gasteiger partial charge in [0.15, 0.2) is 5.06 Å². The van der Waals surface area contributed by atoms with E-state index in [9.17, 15) is 4.79 Å². The van der Waals surface area contributed by atoms with E-state index in [0.717, 1.165) is 45.5 Å². The van der Waals surface area contributed by atoms with Crippen LogP contribution in [0.25, 0.3) is 11.1 Å².